The summed E-state index contributed by atoms with van der Waals surface area (Å²) in [6.07, 6.45) is 2.38. The molecule has 1 fully saturated rings. The van der Waals surface area contributed by atoms with Gasteiger partial charge in [-0.15, -0.1) is 0 Å². The molecule has 4 heteroatoms. The van der Waals surface area contributed by atoms with E-state index in [4.69, 9.17) is 5.73 Å². The molecule has 3 N–H and O–H groups in total. The van der Waals surface area contributed by atoms with E-state index in [1.165, 1.54) is 6.20 Å². The Labute approximate surface area is 81.1 Å². The van der Waals surface area contributed by atoms with Crippen LogP contribution in [0.1, 0.15) is 35.2 Å². The van der Waals surface area contributed by atoms with Crippen molar-refractivity contribution in [3.8, 4) is 0 Å². The number of hydrogen-bond acceptors (Lipinski definition) is 2. The van der Waals surface area contributed by atoms with Gasteiger partial charge in [0.15, 0.2) is 0 Å². The normalized spacial score (nSPS) is 24.6. The van der Waals surface area contributed by atoms with Gasteiger partial charge in [0.05, 0.1) is 5.56 Å². The predicted octanol–water partition coefficient (Wildman–Crippen LogP) is 0.597. The summed E-state index contributed by atoms with van der Waals surface area (Å²) in [5.41, 5.74) is 6.08. The Morgan fingerprint density at radius 2 is 2.29 bits per heavy atom. The third-order valence-corrected chi connectivity index (χ3v) is 2.73. The summed E-state index contributed by atoms with van der Waals surface area (Å²) in [4.78, 5) is 24.8. The fourth-order valence-electron chi connectivity index (χ4n) is 1.67. The molecule has 2 atom stereocenters. The highest BCUT2D eigenvalue weighted by molar-refractivity contribution is 5.92. The third kappa shape index (κ3) is 1.43. The van der Waals surface area contributed by atoms with Gasteiger partial charge < -0.3 is 10.7 Å². The first-order valence-electron chi connectivity index (χ1n) is 4.62. The zero-order valence-corrected chi connectivity index (χ0v) is 7.91. The van der Waals surface area contributed by atoms with Gasteiger partial charge in [-0.25, -0.2) is 0 Å². The van der Waals surface area contributed by atoms with Gasteiger partial charge in [0.25, 0.3) is 5.56 Å². The minimum Gasteiger partial charge on any atom is -0.366 e. The Bertz CT molecular complexity index is 436. The van der Waals surface area contributed by atoms with Gasteiger partial charge in [-0.05, 0) is 24.3 Å². The molecule has 1 aromatic rings. The van der Waals surface area contributed by atoms with Gasteiger partial charge in [0.1, 0.15) is 0 Å². The van der Waals surface area contributed by atoms with Crippen molar-refractivity contribution in [3.05, 3.63) is 33.7 Å². The van der Waals surface area contributed by atoms with Crippen LogP contribution in [0.5, 0.6) is 0 Å². The summed E-state index contributed by atoms with van der Waals surface area (Å²) in [5, 5.41) is 0. The average molecular weight is 192 g/mol. The number of H-pyrrole nitrogens is 1. The minimum atomic E-state index is -0.504. The number of pyridine rings is 1. The van der Waals surface area contributed by atoms with Crippen LogP contribution >= 0.6 is 0 Å². The maximum atomic E-state index is 11.4. The van der Waals surface area contributed by atoms with Crippen molar-refractivity contribution in [2.45, 2.75) is 19.3 Å². The van der Waals surface area contributed by atoms with E-state index >= 15 is 0 Å². The SMILES string of the molecule is C[C@H]1C[C@@H]1c1cc(C(N)=O)c[nH]c1=O. The monoisotopic (exact) mass is 192 g/mol. The van der Waals surface area contributed by atoms with E-state index in [0.29, 0.717) is 23.0 Å². The number of nitrogens with two attached hydrogens (primary N) is 1. The van der Waals surface area contributed by atoms with Crippen LogP contribution in [0, 0.1) is 5.92 Å². The molecule has 0 unspecified atom stereocenters. The summed E-state index contributed by atoms with van der Waals surface area (Å²) in [6, 6.07) is 1.61. The zero-order chi connectivity index (χ0) is 10.3. The highest BCUT2D eigenvalue weighted by atomic mass is 16.1. The molecule has 4 nitrogen and oxygen atoms in total. The molecule has 0 spiro atoms. The Morgan fingerprint density at radius 1 is 1.64 bits per heavy atom. The smallest absolute Gasteiger partial charge is 0.251 e. The van der Waals surface area contributed by atoms with Crippen LogP contribution in [0.3, 0.4) is 0 Å². The highest BCUT2D eigenvalue weighted by Gasteiger charge is 2.36. The van der Waals surface area contributed by atoms with Crippen LogP contribution in [0.25, 0.3) is 0 Å². The van der Waals surface area contributed by atoms with E-state index < -0.39 is 5.91 Å². The van der Waals surface area contributed by atoms with Crippen molar-refractivity contribution >= 4 is 5.91 Å². The molecule has 0 bridgehead atoms. The zero-order valence-electron chi connectivity index (χ0n) is 7.91. The molecular formula is C10H12N2O2. The van der Waals surface area contributed by atoms with Gasteiger partial charge in [0.2, 0.25) is 5.91 Å². The molecule has 1 aromatic heterocycles. The van der Waals surface area contributed by atoms with Crippen molar-refractivity contribution in [2.24, 2.45) is 11.7 Å². The molecule has 0 aromatic carbocycles. The number of aromatic nitrogens is 1. The van der Waals surface area contributed by atoms with Crippen LogP contribution in [0.15, 0.2) is 17.1 Å². The second-order valence-corrected chi connectivity index (χ2v) is 3.86. The number of rotatable bonds is 2. The molecule has 0 saturated heterocycles. The van der Waals surface area contributed by atoms with E-state index in [0.717, 1.165) is 6.42 Å². The van der Waals surface area contributed by atoms with Crippen molar-refractivity contribution < 1.29 is 4.79 Å². The summed E-state index contributed by atoms with van der Waals surface area (Å²) in [7, 11) is 0. The average Bonchev–Trinajstić information content (AvgIpc) is 2.83. The van der Waals surface area contributed by atoms with Crippen LogP contribution in [-0.2, 0) is 0 Å². The van der Waals surface area contributed by atoms with Crippen molar-refractivity contribution in [3.63, 3.8) is 0 Å². The van der Waals surface area contributed by atoms with Gasteiger partial charge in [-0.1, -0.05) is 6.92 Å². The fourth-order valence-corrected chi connectivity index (χ4v) is 1.67. The lowest BCUT2D eigenvalue weighted by atomic mass is 10.1. The molecule has 1 saturated carbocycles. The van der Waals surface area contributed by atoms with E-state index in [1.54, 1.807) is 6.07 Å². The molecule has 1 heterocycles. The maximum absolute atomic E-state index is 11.4. The number of carbonyl (C=O) groups is 1. The summed E-state index contributed by atoms with van der Waals surface area (Å²) < 4.78 is 0. The van der Waals surface area contributed by atoms with E-state index in [9.17, 15) is 9.59 Å². The second kappa shape index (κ2) is 2.97. The van der Waals surface area contributed by atoms with Crippen molar-refractivity contribution in [2.75, 3.05) is 0 Å². The lowest BCUT2D eigenvalue weighted by molar-refractivity contribution is 0.1000. The summed E-state index contributed by atoms with van der Waals surface area (Å²) in [5.74, 6) is 0.341. The lowest BCUT2D eigenvalue weighted by Crippen LogP contribution is -2.17. The molecule has 14 heavy (non-hydrogen) atoms. The molecule has 1 aliphatic carbocycles. The molecule has 2 rings (SSSR count). The first-order chi connectivity index (χ1) is 6.59. The molecule has 1 aliphatic rings. The van der Waals surface area contributed by atoms with Crippen molar-refractivity contribution in [1.29, 1.82) is 0 Å². The van der Waals surface area contributed by atoms with Crippen LogP contribution < -0.4 is 11.3 Å². The molecule has 0 radical (unpaired) electrons. The van der Waals surface area contributed by atoms with E-state index in [-0.39, 0.29) is 5.56 Å². The molecule has 74 valence electrons. The Morgan fingerprint density at radius 3 is 2.79 bits per heavy atom. The standard InChI is InChI=1S/C10H12N2O2/c1-5-2-7(5)8-3-6(9(11)13)4-12-10(8)14/h3-5,7H,2H2,1H3,(H2,11,13)(H,12,14)/t5-,7-/m0/s1. The van der Waals surface area contributed by atoms with Crippen LogP contribution in [0.2, 0.25) is 0 Å². The van der Waals surface area contributed by atoms with Gasteiger partial charge >= 0.3 is 0 Å². The first kappa shape index (κ1) is 8.99. The molecule has 1 amide bonds. The largest absolute Gasteiger partial charge is 0.366 e. The Kier molecular flexibility index (Phi) is 1.91. The topological polar surface area (TPSA) is 76.0 Å². The highest BCUT2D eigenvalue weighted by Crippen LogP contribution is 2.45. The van der Waals surface area contributed by atoms with Crippen molar-refractivity contribution in [1.82, 2.24) is 4.98 Å². The van der Waals surface area contributed by atoms with E-state index in [2.05, 4.69) is 11.9 Å². The summed E-state index contributed by atoms with van der Waals surface area (Å²) in [6.45, 7) is 2.08. The number of carbonyl (C=O) groups excluding carboxylic acids is 1. The van der Waals surface area contributed by atoms with E-state index in [1.807, 2.05) is 0 Å². The first-order valence-corrected chi connectivity index (χ1v) is 4.62. The number of hydrogen-bond donors (Lipinski definition) is 2. The predicted molar refractivity (Wildman–Crippen MR) is 52.1 cm³/mol. The molecule has 0 aliphatic heterocycles. The van der Waals surface area contributed by atoms with Gasteiger partial charge in [0, 0.05) is 11.8 Å². The maximum Gasteiger partial charge on any atom is 0.251 e. The Hall–Kier alpha value is -1.58. The number of amides is 1. The second-order valence-electron chi connectivity index (χ2n) is 3.86. The number of nitrogens with one attached hydrogen (secondary N) is 1. The van der Waals surface area contributed by atoms with Crippen LogP contribution in [0.4, 0.5) is 0 Å². The Balaban J connectivity index is 2.43. The van der Waals surface area contributed by atoms with Gasteiger partial charge in [-0.2, -0.15) is 0 Å². The summed E-state index contributed by atoms with van der Waals surface area (Å²) >= 11 is 0. The minimum absolute atomic E-state index is 0.107. The number of primary amides is 1. The fraction of sp³-hybridized carbons (Fsp3) is 0.400. The van der Waals surface area contributed by atoms with Crippen LogP contribution in [-0.4, -0.2) is 10.9 Å². The number of aromatic amines is 1. The third-order valence-electron chi connectivity index (χ3n) is 2.73. The lowest BCUT2D eigenvalue weighted by Gasteiger charge is -1.99. The quantitative estimate of drug-likeness (QED) is 0.719. The molecular weight excluding hydrogens is 180 g/mol. The van der Waals surface area contributed by atoms with Gasteiger partial charge in [-0.3, -0.25) is 9.59 Å².